The first-order valence-corrected chi connectivity index (χ1v) is 16.2. The highest BCUT2D eigenvalue weighted by molar-refractivity contribution is 7.22. The SMILES string of the molecule is CC.CCCCCCc1cc(-c2sc(C(C)(C)C)cc2CCCCOc2ccccc2)sc1C(C)(C)C. The third-order valence-electron chi connectivity index (χ3n) is 6.41. The predicted molar refractivity (Wildman–Crippen MR) is 169 cm³/mol. The van der Waals surface area contributed by atoms with Gasteiger partial charge in [-0.25, -0.2) is 0 Å². The lowest BCUT2D eigenvalue weighted by Crippen LogP contribution is -2.11. The van der Waals surface area contributed by atoms with E-state index >= 15 is 0 Å². The summed E-state index contributed by atoms with van der Waals surface area (Å²) in [7, 11) is 0. The predicted octanol–water partition coefficient (Wildman–Crippen LogP) is 11.6. The molecule has 0 N–H and O–H groups in total. The molecule has 1 aromatic carbocycles. The first-order valence-electron chi connectivity index (χ1n) is 14.5. The van der Waals surface area contributed by atoms with E-state index in [-0.39, 0.29) is 10.8 Å². The average Bonchev–Trinajstić information content (AvgIpc) is 3.48. The monoisotopic (exact) mass is 540 g/mol. The average molecular weight is 541 g/mol. The van der Waals surface area contributed by atoms with Crippen LogP contribution in [0.1, 0.15) is 122 Å². The van der Waals surface area contributed by atoms with E-state index in [1.807, 2.05) is 66.9 Å². The summed E-state index contributed by atoms with van der Waals surface area (Å²) in [5.74, 6) is 0.971. The number of hydrogen-bond acceptors (Lipinski definition) is 3. The molecule has 0 saturated heterocycles. The van der Waals surface area contributed by atoms with Gasteiger partial charge in [0, 0.05) is 19.5 Å². The van der Waals surface area contributed by atoms with Crippen molar-refractivity contribution in [3.8, 4) is 15.5 Å². The Hall–Kier alpha value is -1.58. The van der Waals surface area contributed by atoms with Crippen LogP contribution < -0.4 is 4.74 Å². The molecule has 2 aromatic heterocycles. The molecule has 0 aliphatic heterocycles. The van der Waals surface area contributed by atoms with Crippen molar-refractivity contribution in [2.75, 3.05) is 6.61 Å². The number of benzene rings is 1. The highest BCUT2D eigenvalue weighted by atomic mass is 32.1. The second kappa shape index (κ2) is 15.1. The van der Waals surface area contributed by atoms with Crippen LogP contribution in [0.3, 0.4) is 0 Å². The van der Waals surface area contributed by atoms with Gasteiger partial charge in [0.05, 0.1) is 6.61 Å². The van der Waals surface area contributed by atoms with E-state index in [1.54, 1.807) is 10.4 Å². The van der Waals surface area contributed by atoms with Gasteiger partial charge in [-0.1, -0.05) is 99.8 Å². The van der Waals surface area contributed by atoms with Gasteiger partial charge in [0.1, 0.15) is 5.75 Å². The van der Waals surface area contributed by atoms with Crippen LogP contribution in [-0.2, 0) is 23.7 Å². The molecule has 37 heavy (non-hydrogen) atoms. The minimum Gasteiger partial charge on any atom is -0.494 e. The lowest BCUT2D eigenvalue weighted by molar-refractivity contribution is 0.307. The lowest BCUT2D eigenvalue weighted by atomic mass is 9.90. The molecule has 0 spiro atoms. The summed E-state index contributed by atoms with van der Waals surface area (Å²) in [6.07, 6.45) is 9.86. The van der Waals surface area contributed by atoms with Crippen LogP contribution in [0.4, 0.5) is 0 Å². The Balaban J connectivity index is 0.00000235. The Kier molecular flexibility index (Phi) is 12.9. The second-order valence-electron chi connectivity index (χ2n) is 11.9. The summed E-state index contributed by atoms with van der Waals surface area (Å²) in [6, 6.07) is 15.2. The zero-order chi connectivity index (χ0) is 27.5. The third-order valence-corrected chi connectivity index (χ3v) is 9.80. The van der Waals surface area contributed by atoms with E-state index in [0.717, 1.165) is 31.6 Å². The summed E-state index contributed by atoms with van der Waals surface area (Å²) in [5, 5.41) is 0. The first-order chi connectivity index (χ1) is 17.6. The highest BCUT2D eigenvalue weighted by Gasteiger charge is 2.25. The van der Waals surface area contributed by atoms with Gasteiger partial charge in [-0.3, -0.25) is 0 Å². The van der Waals surface area contributed by atoms with Crippen molar-refractivity contribution in [3.63, 3.8) is 0 Å². The van der Waals surface area contributed by atoms with E-state index in [0.29, 0.717) is 0 Å². The van der Waals surface area contributed by atoms with E-state index in [4.69, 9.17) is 4.74 Å². The normalized spacial score (nSPS) is 11.8. The van der Waals surface area contributed by atoms with Gasteiger partial charge in [0.25, 0.3) is 0 Å². The summed E-state index contributed by atoms with van der Waals surface area (Å²) in [6.45, 7) is 21.2. The largest absolute Gasteiger partial charge is 0.494 e. The van der Waals surface area contributed by atoms with Crippen LogP contribution >= 0.6 is 22.7 Å². The molecular weight excluding hydrogens is 489 g/mol. The Morgan fingerprint density at radius 1 is 0.703 bits per heavy atom. The molecule has 0 fully saturated rings. The van der Waals surface area contributed by atoms with Crippen LogP contribution in [0.25, 0.3) is 9.75 Å². The quantitative estimate of drug-likeness (QED) is 0.208. The maximum absolute atomic E-state index is 5.93. The Morgan fingerprint density at radius 3 is 1.97 bits per heavy atom. The van der Waals surface area contributed by atoms with Crippen molar-refractivity contribution in [2.24, 2.45) is 0 Å². The topological polar surface area (TPSA) is 9.23 Å². The molecule has 0 bridgehead atoms. The van der Waals surface area contributed by atoms with Crippen molar-refractivity contribution in [1.29, 1.82) is 0 Å². The molecule has 0 aliphatic carbocycles. The second-order valence-corrected chi connectivity index (χ2v) is 14.0. The van der Waals surface area contributed by atoms with Crippen molar-refractivity contribution < 1.29 is 4.74 Å². The van der Waals surface area contributed by atoms with Gasteiger partial charge in [-0.2, -0.15) is 0 Å². The molecular formula is C34H52OS2. The maximum Gasteiger partial charge on any atom is 0.119 e. The minimum atomic E-state index is 0.182. The molecule has 0 amide bonds. The number of para-hydroxylation sites is 1. The van der Waals surface area contributed by atoms with Gasteiger partial charge in [0.2, 0.25) is 0 Å². The van der Waals surface area contributed by atoms with Crippen LogP contribution in [0.15, 0.2) is 42.5 Å². The zero-order valence-electron chi connectivity index (χ0n) is 25.1. The minimum absolute atomic E-state index is 0.182. The summed E-state index contributed by atoms with van der Waals surface area (Å²) >= 11 is 4.07. The highest BCUT2D eigenvalue weighted by Crippen LogP contribution is 2.45. The number of hydrogen-bond donors (Lipinski definition) is 0. The molecule has 0 radical (unpaired) electrons. The molecule has 3 rings (SSSR count). The Labute approximate surface area is 236 Å². The number of rotatable bonds is 12. The van der Waals surface area contributed by atoms with Crippen LogP contribution in [0, 0.1) is 0 Å². The molecule has 0 aliphatic rings. The van der Waals surface area contributed by atoms with Crippen molar-refractivity contribution in [2.45, 2.75) is 125 Å². The van der Waals surface area contributed by atoms with E-state index in [9.17, 15) is 0 Å². The number of aryl methyl sites for hydroxylation is 2. The van der Waals surface area contributed by atoms with Crippen molar-refractivity contribution in [3.05, 3.63) is 63.3 Å². The standard InChI is InChI=1S/C32H46OS2.C2H6/c1-8-9-10-12-18-25-22-27(34-30(25)32(5,6)7)29-24(23-28(35-29)31(2,3)4)17-15-16-21-33-26-19-13-11-14-20-26;1-2/h11,13-14,19-20,22-23H,8-10,12,15-18,21H2,1-7H3;1-2H3. The molecule has 1 nitrogen and oxygen atoms in total. The molecule has 3 aromatic rings. The molecule has 3 heteroatoms. The molecule has 206 valence electrons. The maximum atomic E-state index is 5.93. The fraction of sp³-hybridized carbons (Fsp3) is 0.588. The summed E-state index contributed by atoms with van der Waals surface area (Å²) in [4.78, 5) is 6.07. The number of thiophene rings is 2. The van der Waals surface area contributed by atoms with Gasteiger partial charge < -0.3 is 4.74 Å². The zero-order valence-corrected chi connectivity index (χ0v) is 26.8. The Morgan fingerprint density at radius 2 is 1.35 bits per heavy atom. The van der Waals surface area contributed by atoms with Crippen LogP contribution in [0.5, 0.6) is 5.75 Å². The third kappa shape index (κ3) is 9.91. The smallest absolute Gasteiger partial charge is 0.119 e. The summed E-state index contributed by atoms with van der Waals surface area (Å²) in [5.41, 5.74) is 3.49. The first kappa shape index (κ1) is 31.6. The Bertz CT molecular complexity index is 1030. The molecule has 0 atom stereocenters. The van der Waals surface area contributed by atoms with Gasteiger partial charge in [-0.05, 0) is 78.3 Å². The fourth-order valence-electron chi connectivity index (χ4n) is 4.42. The van der Waals surface area contributed by atoms with E-state index in [2.05, 4.69) is 60.6 Å². The van der Waals surface area contributed by atoms with E-state index < -0.39 is 0 Å². The molecule has 0 saturated carbocycles. The van der Waals surface area contributed by atoms with Gasteiger partial charge >= 0.3 is 0 Å². The van der Waals surface area contributed by atoms with Crippen molar-refractivity contribution >= 4 is 22.7 Å². The molecule has 2 heterocycles. The van der Waals surface area contributed by atoms with Gasteiger partial charge in [0.15, 0.2) is 0 Å². The fourth-order valence-corrected chi connectivity index (χ4v) is 7.09. The lowest BCUT2D eigenvalue weighted by Gasteiger charge is -2.19. The summed E-state index contributed by atoms with van der Waals surface area (Å²) < 4.78 is 5.93. The van der Waals surface area contributed by atoms with Crippen LogP contribution in [-0.4, -0.2) is 6.61 Å². The van der Waals surface area contributed by atoms with Gasteiger partial charge in [-0.15, -0.1) is 22.7 Å². The van der Waals surface area contributed by atoms with Crippen LogP contribution in [0.2, 0.25) is 0 Å². The number of ether oxygens (including phenoxy) is 1. The number of unbranched alkanes of at least 4 members (excludes halogenated alkanes) is 4. The molecule has 0 unspecified atom stereocenters. The van der Waals surface area contributed by atoms with E-state index in [1.165, 1.54) is 52.3 Å². The van der Waals surface area contributed by atoms with Crippen molar-refractivity contribution in [1.82, 2.24) is 0 Å².